The second-order valence-corrected chi connectivity index (χ2v) is 3.92. The van der Waals surface area contributed by atoms with Crippen LogP contribution in [0.5, 0.6) is 0 Å². The Labute approximate surface area is 95.1 Å². The summed E-state index contributed by atoms with van der Waals surface area (Å²) in [5, 5.41) is 8.51. The Morgan fingerprint density at radius 3 is 2.25 bits per heavy atom. The van der Waals surface area contributed by atoms with Crippen LogP contribution >= 0.6 is 0 Å². The molecule has 1 N–H and O–H groups in total. The summed E-state index contributed by atoms with van der Waals surface area (Å²) in [6, 6.07) is 7.19. The van der Waals surface area contributed by atoms with Crippen molar-refractivity contribution < 1.29 is 14.7 Å². The molecule has 1 atom stereocenters. The number of hydrogen-bond donors (Lipinski definition) is 1. The number of carbonyl (C=O) groups excluding carboxylic acids is 1. The maximum absolute atomic E-state index is 11.4. The highest BCUT2D eigenvalue weighted by Gasteiger charge is 2.11. The molecular formula is C13H16O3. The maximum Gasteiger partial charge on any atom is 0.311 e. The SMILES string of the molecule is CCC(C)c1ccc(C(=O)CC(=O)O)cc1. The van der Waals surface area contributed by atoms with Crippen molar-refractivity contribution in [1.29, 1.82) is 0 Å². The lowest BCUT2D eigenvalue weighted by atomic mass is 9.96. The van der Waals surface area contributed by atoms with Gasteiger partial charge in [-0.15, -0.1) is 0 Å². The topological polar surface area (TPSA) is 54.4 Å². The molecule has 0 saturated carbocycles. The van der Waals surface area contributed by atoms with Crippen molar-refractivity contribution in [3.8, 4) is 0 Å². The summed E-state index contributed by atoms with van der Waals surface area (Å²) in [5.74, 6) is -0.970. The van der Waals surface area contributed by atoms with Gasteiger partial charge in [-0.25, -0.2) is 0 Å². The largest absolute Gasteiger partial charge is 0.481 e. The van der Waals surface area contributed by atoms with Crippen LogP contribution in [-0.2, 0) is 4.79 Å². The average Bonchev–Trinajstić information content (AvgIpc) is 2.27. The summed E-state index contributed by atoms with van der Waals surface area (Å²) in [6.07, 6.45) is 0.602. The summed E-state index contributed by atoms with van der Waals surface area (Å²) >= 11 is 0. The van der Waals surface area contributed by atoms with E-state index < -0.39 is 12.4 Å². The van der Waals surface area contributed by atoms with Crippen molar-refractivity contribution >= 4 is 11.8 Å². The first-order chi connectivity index (χ1) is 7.54. The average molecular weight is 220 g/mol. The highest BCUT2D eigenvalue weighted by atomic mass is 16.4. The van der Waals surface area contributed by atoms with Crippen LogP contribution in [0, 0.1) is 0 Å². The molecule has 1 unspecified atom stereocenters. The minimum atomic E-state index is -1.09. The smallest absolute Gasteiger partial charge is 0.311 e. The molecular weight excluding hydrogens is 204 g/mol. The number of rotatable bonds is 5. The van der Waals surface area contributed by atoms with Crippen molar-refractivity contribution in [2.24, 2.45) is 0 Å². The van der Waals surface area contributed by atoms with E-state index in [0.29, 0.717) is 11.5 Å². The van der Waals surface area contributed by atoms with Crippen molar-refractivity contribution in [3.05, 3.63) is 35.4 Å². The van der Waals surface area contributed by atoms with Gasteiger partial charge in [0.2, 0.25) is 0 Å². The number of carbonyl (C=O) groups is 2. The zero-order valence-corrected chi connectivity index (χ0v) is 9.56. The molecule has 86 valence electrons. The molecule has 1 aromatic carbocycles. The number of carboxylic acids is 1. The second-order valence-electron chi connectivity index (χ2n) is 3.92. The van der Waals surface area contributed by atoms with Gasteiger partial charge in [0.1, 0.15) is 6.42 Å². The summed E-state index contributed by atoms with van der Waals surface area (Å²) < 4.78 is 0. The molecule has 3 nitrogen and oxygen atoms in total. The Balaban J connectivity index is 2.78. The molecule has 0 spiro atoms. The molecule has 3 heteroatoms. The number of ketones is 1. The van der Waals surface area contributed by atoms with Gasteiger partial charge < -0.3 is 5.11 Å². The predicted molar refractivity (Wildman–Crippen MR) is 61.7 cm³/mol. The lowest BCUT2D eigenvalue weighted by molar-refractivity contribution is -0.135. The van der Waals surface area contributed by atoms with Crippen LogP contribution in [-0.4, -0.2) is 16.9 Å². The zero-order valence-electron chi connectivity index (χ0n) is 9.56. The third-order valence-electron chi connectivity index (χ3n) is 2.73. The first-order valence-electron chi connectivity index (χ1n) is 5.39. The highest BCUT2D eigenvalue weighted by Crippen LogP contribution is 2.19. The summed E-state index contributed by atoms with van der Waals surface area (Å²) in [6.45, 7) is 4.22. The van der Waals surface area contributed by atoms with Gasteiger partial charge in [-0.05, 0) is 17.9 Å². The van der Waals surface area contributed by atoms with Gasteiger partial charge in [0.15, 0.2) is 5.78 Å². The molecule has 0 heterocycles. The Kier molecular flexibility index (Phi) is 4.23. The van der Waals surface area contributed by atoms with Gasteiger partial charge in [0.25, 0.3) is 0 Å². The Morgan fingerprint density at radius 2 is 1.81 bits per heavy atom. The van der Waals surface area contributed by atoms with Crippen LogP contribution in [0.15, 0.2) is 24.3 Å². The molecule has 0 aliphatic carbocycles. The number of benzene rings is 1. The van der Waals surface area contributed by atoms with Crippen LogP contribution in [0.2, 0.25) is 0 Å². The van der Waals surface area contributed by atoms with Gasteiger partial charge in [0.05, 0.1) is 0 Å². The number of Topliss-reactive ketones (excluding diaryl/α,β-unsaturated/α-hetero) is 1. The van der Waals surface area contributed by atoms with Gasteiger partial charge in [-0.2, -0.15) is 0 Å². The quantitative estimate of drug-likeness (QED) is 0.613. The molecule has 0 aliphatic rings. The van der Waals surface area contributed by atoms with Crippen LogP contribution in [0.3, 0.4) is 0 Å². The van der Waals surface area contributed by atoms with Crippen molar-refractivity contribution in [2.45, 2.75) is 32.6 Å². The highest BCUT2D eigenvalue weighted by molar-refractivity contribution is 6.05. The van der Waals surface area contributed by atoms with Gasteiger partial charge in [0, 0.05) is 5.56 Å². The summed E-state index contributed by atoms with van der Waals surface area (Å²) in [5.41, 5.74) is 1.64. The molecule has 0 saturated heterocycles. The Bertz CT molecular complexity index is 379. The van der Waals surface area contributed by atoms with Crippen LogP contribution in [0.25, 0.3) is 0 Å². The van der Waals surface area contributed by atoms with Crippen LogP contribution in [0.1, 0.15) is 48.5 Å². The zero-order chi connectivity index (χ0) is 12.1. The van der Waals surface area contributed by atoms with E-state index in [2.05, 4.69) is 13.8 Å². The van der Waals surface area contributed by atoms with E-state index in [1.165, 1.54) is 5.56 Å². The Morgan fingerprint density at radius 1 is 1.25 bits per heavy atom. The molecule has 0 amide bonds. The van der Waals surface area contributed by atoms with Gasteiger partial charge in [-0.1, -0.05) is 38.1 Å². The van der Waals surface area contributed by atoms with E-state index in [-0.39, 0.29) is 5.78 Å². The van der Waals surface area contributed by atoms with E-state index in [0.717, 1.165) is 6.42 Å². The fourth-order valence-electron chi connectivity index (χ4n) is 1.47. The monoisotopic (exact) mass is 220 g/mol. The van der Waals surface area contributed by atoms with E-state index >= 15 is 0 Å². The lowest BCUT2D eigenvalue weighted by Crippen LogP contribution is -2.07. The minimum absolute atomic E-state index is 0.344. The van der Waals surface area contributed by atoms with Crippen molar-refractivity contribution in [1.82, 2.24) is 0 Å². The fourth-order valence-corrected chi connectivity index (χ4v) is 1.47. The van der Waals surface area contributed by atoms with E-state index in [1.807, 2.05) is 12.1 Å². The summed E-state index contributed by atoms with van der Waals surface area (Å²) in [7, 11) is 0. The lowest BCUT2D eigenvalue weighted by Gasteiger charge is -2.08. The van der Waals surface area contributed by atoms with Crippen molar-refractivity contribution in [3.63, 3.8) is 0 Å². The normalized spacial score (nSPS) is 12.1. The van der Waals surface area contributed by atoms with Crippen LogP contribution < -0.4 is 0 Å². The van der Waals surface area contributed by atoms with E-state index in [1.54, 1.807) is 12.1 Å². The molecule has 1 aromatic rings. The van der Waals surface area contributed by atoms with Crippen molar-refractivity contribution in [2.75, 3.05) is 0 Å². The molecule has 0 radical (unpaired) electrons. The standard InChI is InChI=1S/C13H16O3/c1-3-9(2)10-4-6-11(7-5-10)12(14)8-13(15)16/h4-7,9H,3,8H2,1-2H3,(H,15,16). The third-order valence-corrected chi connectivity index (χ3v) is 2.73. The molecule has 1 rings (SSSR count). The minimum Gasteiger partial charge on any atom is -0.481 e. The maximum atomic E-state index is 11.4. The summed E-state index contributed by atoms with van der Waals surface area (Å²) in [4.78, 5) is 21.8. The number of hydrogen-bond acceptors (Lipinski definition) is 2. The van der Waals surface area contributed by atoms with Gasteiger partial charge >= 0.3 is 5.97 Å². The van der Waals surface area contributed by atoms with Crippen LogP contribution in [0.4, 0.5) is 0 Å². The third kappa shape index (κ3) is 3.19. The first kappa shape index (κ1) is 12.4. The fraction of sp³-hybridized carbons (Fsp3) is 0.385. The van der Waals surface area contributed by atoms with E-state index in [4.69, 9.17) is 5.11 Å². The second kappa shape index (κ2) is 5.45. The molecule has 0 aromatic heterocycles. The number of carboxylic acid groups (broad SMARTS) is 1. The van der Waals surface area contributed by atoms with Gasteiger partial charge in [-0.3, -0.25) is 9.59 Å². The van der Waals surface area contributed by atoms with E-state index in [9.17, 15) is 9.59 Å². The Hall–Kier alpha value is -1.64. The molecule has 0 aliphatic heterocycles. The molecule has 0 bridgehead atoms. The number of aliphatic carboxylic acids is 1. The molecule has 0 fully saturated rings. The first-order valence-corrected chi connectivity index (χ1v) is 5.39. The molecule has 16 heavy (non-hydrogen) atoms. The predicted octanol–water partition coefficient (Wildman–Crippen LogP) is 2.86.